The summed E-state index contributed by atoms with van der Waals surface area (Å²) in [5, 5.41) is 11.4. The summed E-state index contributed by atoms with van der Waals surface area (Å²) in [6.45, 7) is 2.28. The number of hydrogen-bond acceptors (Lipinski definition) is 4. The van der Waals surface area contributed by atoms with Crippen molar-refractivity contribution in [1.82, 2.24) is 4.98 Å². The first-order chi connectivity index (χ1) is 16.1. The van der Waals surface area contributed by atoms with Crippen molar-refractivity contribution in [1.29, 1.82) is 0 Å². The lowest BCUT2D eigenvalue weighted by Gasteiger charge is -2.07. The number of carboxylic acid groups (broad SMARTS) is 1. The number of fused-ring (bicyclic) bond motifs is 2. The number of rotatable bonds is 6. The van der Waals surface area contributed by atoms with Gasteiger partial charge < -0.3 is 9.84 Å². The molecule has 4 nitrogen and oxygen atoms in total. The van der Waals surface area contributed by atoms with Crippen molar-refractivity contribution >= 4 is 50.4 Å². The number of aryl methyl sites for hydroxylation is 1. The van der Waals surface area contributed by atoms with Crippen molar-refractivity contribution in [2.75, 3.05) is 0 Å². The summed E-state index contributed by atoms with van der Waals surface area (Å²) in [6.07, 6.45) is 4.07. The molecule has 5 aromatic rings. The molecule has 33 heavy (non-hydrogen) atoms. The highest BCUT2D eigenvalue weighted by atomic mass is 32.1. The van der Waals surface area contributed by atoms with Crippen LogP contribution in [0.2, 0.25) is 0 Å². The highest BCUT2D eigenvalue weighted by Crippen LogP contribution is 2.33. The van der Waals surface area contributed by atoms with Gasteiger partial charge in [-0.3, -0.25) is 0 Å². The van der Waals surface area contributed by atoms with Crippen molar-refractivity contribution in [2.45, 2.75) is 13.5 Å². The molecule has 0 aliphatic rings. The van der Waals surface area contributed by atoms with Crippen LogP contribution < -0.4 is 4.74 Å². The molecule has 2 aromatic heterocycles. The van der Waals surface area contributed by atoms with Crippen LogP contribution in [-0.2, 0) is 6.61 Å². The van der Waals surface area contributed by atoms with E-state index in [1.54, 1.807) is 0 Å². The summed E-state index contributed by atoms with van der Waals surface area (Å²) in [7, 11) is 0. The Morgan fingerprint density at radius 1 is 1.00 bits per heavy atom. The topological polar surface area (TPSA) is 59.4 Å². The van der Waals surface area contributed by atoms with Crippen molar-refractivity contribution in [3.05, 3.63) is 106 Å². The Labute approximate surface area is 195 Å². The van der Waals surface area contributed by atoms with Crippen LogP contribution in [0.25, 0.3) is 33.1 Å². The standard InChI is InChI=1S/C28H21NO3S/c1-18-24-16-23(14-15-26(24)33-27(18)28(30)31)32-17-20-8-6-19(7-9-20)10-12-22-13-11-21-4-2-3-5-25(21)29-22/h2-16H,17H2,1H3,(H,30,31)/b12-10+. The zero-order valence-corrected chi connectivity index (χ0v) is 18.8. The van der Waals surface area contributed by atoms with Gasteiger partial charge in [0.1, 0.15) is 17.2 Å². The van der Waals surface area contributed by atoms with E-state index in [2.05, 4.69) is 35.3 Å². The number of para-hydroxylation sites is 1. The molecule has 0 bridgehead atoms. The predicted octanol–water partition coefficient (Wildman–Crippen LogP) is 7.21. The van der Waals surface area contributed by atoms with Gasteiger partial charge in [0, 0.05) is 10.1 Å². The number of aromatic nitrogens is 1. The van der Waals surface area contributed by atoms with Crippen LogP contribution in [0.15, 0.2) is 78.9 Å². The molecule has 5 heteroatoms. The van der Waals surface area contributed by atoms with E-state index in [-0.39, 0.29) is 0 Å². The van der Waals surface area contributed by atoms with Crippen molar-refractivity contribution in [3.8, 4) is 5.75 Å². The maximum atomic E-state index is 11.4. The fourth-order valence-electron chi connectivity index (χ4n) is 3.74. The van der Waals surface area contributed by atoms with Gasteiger partial charge in [0.25, 0.3) is 0 Å². The summed E-state index contributed by atoms with van der Waals surface area (Å²) in [6, 6.07) is 26.1. The minimum atomic E-state index is -0.887. The minimum absolute atomic E-state index is 0.379. The van der Waals surface area contributed by atoms with E-state index in [0.29, 0.717) is 11.5 Å². The number of ether oxygens (including phenoxy) is 1. The third-order valence-electron chi connectivity index (χ3n) is 5.55. The molecule has 0 radical (unpaired) electrons. The molecule has 0 fully saturated rings. The first-order valence-electron chi connectivity index (χ1n) is 10.6. The van der Waals surface area contributed by atoms with E-state index >= 15 is 0 Å². The van der Waals surface area contributed by atoms with E-state index in [1.807, 2.05) is 67.6 Å². The molecule has 3 aromatic carbocycles. The van der Waals surface area contributed by atoms with Crippen LogP contribution in [0.1, 0.15) is 32.1 Å². The molecule has 0 amide bonds. The van der Waals surface area contributed by atoms with Gasteiger partial charge in [-0.2, -0.15) is 0 Å². The van der Waals surface area contributed by atoms with Crippen LogP contribution in [0, 0.1) is 6.92 Å². The highest BCUT2D eigenvalue weighted by molar-refractivity contribution is 7.21. The van der Waals surface area contributed by atoms with Gasteiger partial charge in [0.15, 0.2) is 0 Å². The van der Waals surface area contributed by atoms with Crippen molar-refractivity contribution in [3.63, 3.8) is 0 Å². The second kappa shape index (κ2) is 8.88. The average Bonchev–Trinajstić information content (AvgIpc) is 3.18. The monoisotopic (exact) mass is 451 g/mol. The van der Waals surface area contributed by atoms with Gasteiger partial charge in [0.2, 0.25) is 0 Å². The van der Waals surface area contributed by atoms with Crippen LogP contribution >= 0.6 is 11.3 Å². The summed E-state index contributed by atoms with van der Waals surface area (Å²) in [4.78, 5) is 16.4. The number of carboxylic acids is 1. The second-order valence-electron chi connectivity index (χ2n) is 7.81. The van der Waals surface area contributed by atoms with Crippen molar-refractivity contribution in [2.24, 2.45) is 0 Å². The van der Waals surface area contributed by atoms with Crippen LogP contribution in [0.5, 0.6) is 5.75 Å². The van der Waals surface area contributed by atoms with Gasteiger partial charge >= 0.3 is 5.97 Å². The van der Waals surface area contributed by atoms with E-state index in [0.717, 1.165) is 49.1 Å². The maximum Gasteiger partial charge on any atom is 0.346 e. The maximum absolute atomic E-state index is 11.4. The molecule has 0 aliphatic heterocycles. The van der Waals surface area contributed by atoms with Crippen LogP contribution in [0.3, 0.4) is 0 Å². The molecule has 0 aliphatic carbocycles. The Hall–Kier alpha value is -3.96. The number of thiophene rings is 1. The van der Waals surface area contributed by atoms with Gasteiger partial charge in [0.05, 0.1) is 11.2 Å². The molecule has 0 saturated heterocycles. The Morgan fingerprint density at radius 2 is 1.82 bits per heavy atom. The Bertz CT molecular complexity index is 1500. The molecule has 0 spiro atoms. The largest absolute Gasteiger partial charge is 0.489 e. The second-order valence-corrected chi connectivity index (χ2v) is 8.86. The number of benzene rings is 3. The summed E-state index contributed by atoms with van der Waals surface area (Å²) >= 11 is 1.29. The van der Waals surface area contributed by atoms with Gasteiger partial charge in [-0.15, -0.1) is 11.3 Å². The van der Waals surface area contributed by atoms with Gasteiger partial charge in [-0.25, -0.2) is 9.78 Å². The van der Waals surface area contributed by atoms with E-state index in [1.165, 1.54) is 11.3 Å². The normalized spacial score (nSPS) is 11.4. The highest BCUT2D eigenvalue weighted by Gasteiger charge is 2.14. The van der Waals surface area contributed by atoms with E-state index < -0.39 is 5.97 Å². The third kappa shape index (κ3) is 4.49. The molecular weight excluding hydrogens is 430 g/mol. The lowest BCUT2D eigenvalue weighted by atomic mass is 10.1. The van der Waals surface area contributed by atoms with Crippen molar-refractivity contribution < 1.29 is 14.6 Å². The number of pyridine rings is 1. The number of carbonyl (C=O) groups is 1. The minimum Gasteiger partial charge on any atom is -0.489 e. The first kappa shape index (κ1) is 20.9. The zero-order chi connectivity index (χ0) is 22.8. The predicted molar refractivity (Wildman–Crippen MR) is 135 cm³/mol. The number of aromatic carboxylic acids is 1. The summed E-state index contributed by atoms with van der Waals surface area (Å²) in [5.41, 5.74) is 4.84. The molecule has 0 unspecified atom stereocenters. The van der Waals surface area contributed by atoms with Crippen LogP contribution in [-0.4, -0.2) is 16.1 Å². The first-order valence-corrected chi connectivity index (χ1v) is 11.4. The SMILES string of the molecule is Cc1c(C(=O)O)sc2ccc(OCc3ccc(/C=C/c4ccc5ccccc5n4)cc3)cc12. The van der Waals surface area contributed by atoms with Gasteiger partial charge in [-0.05, 0) is 65.4 Å². The Balaban J connectivity index is 1.25. The summed E-state index contributed by atoms with van der Waals surface area (Å²) in [5.74, 6) is -0.159. The molecule has 1 N–H and O–H groups in total. The molecular formula is C28H21NO3S. The molecule has 5 rings (SSSR count). The average molecular weight is 452 g/mol. The quantitative estimate of drug-likeness (QED) is 0.296. The molecule has 2 heterocycles. The van der Waals surface area contributed by atoms with E-state index in [9.17, 15) is 9.90 Å². The Kier molecular flexibility index (Phi) is 5.63. The molecule has 0 atom stereocenters. The molecule has 162 valence electrons. The van der Waals surface area contributed by atoms with E-state index in [4.69, 9.17) is 4.74 Å². The number of nitrogens with zero attached hydrogens (tertiary/aromatic N) is 1. The van der Waals surface area contributed by atoms with Gasteiger partial charge in [-0.1, -0.05) is 54.6 Å². The number of hydrogen-bond donors (Lipinski definition) is 1. The molecule has 0 saturated carbocycles. The third-order valence-corrected chi connectivity index (χ3v) is 6.81. The van der Waals surface area contributed by atoms with Crippen LogP contribution in [0.4, 0.5) is 0 Å². The summed E-state index contributed by atoms with van der Waals surface area (Å²) < 4.78 is 6.92. The fourth-order valence-corrected chi connectivity index (χ4v) is 4.77. The fraction of sp³-hybridized carbons (Fsp3) is 0.0714. The lowest BCUT2D eigenvalue weighted by molar-refractivity contribution is 0.0701. The lowest BCUT2D eigenvalue weighted by Crippen LogP contribution is -1.95. The zero-order valence-electron chi connectivity index (χ0n) is 18.0. The smallest absolute Gasteiger partial charge is 0.346 e. The Morgan fingerprint density at radius 3 is 2.64 bits per heavy atom.